The Kier molecular flexibility index (Phi) is 7.30. The quantitative estimate of drug-likeness (QED) is 0.597. The molecule has 0 aliphatic heterocycles. The van der Waals surface area contributed by atoms with Gasteiger partial charge in [0.2, 0.25) is 0 Å². The number of carbonyl (C=O) groups is 1. The molecular formula is C10H18O3. The van der Waals surface area contributed by atoms with Crippen LogP contribution in [0.4, 0.5) is 0 Å². The van der Waals surface area contributed by atoms with E-state index in [0.29, 0.717) is 19.3 Å². The van der Waals surface area contributed by atoms with Gasteiger partial charge in [-0.2, -0.15) is 0 Å². The highest BCUT2D eigenvalue weighted by atomic mass is 16.4. The molecule has 3 nitrogen and oxygen atoms in total. The van der Waals surface area contributed by atoms with Gasteiger partial charge in [-0.3, -0.25) is 4.79 Å². The normalized spacial score (nSPS) is 13.4. The minimum atomic E-state index is -0.795. The minimum Gasteiger partial charge on any atom is -0.481 e. The van der Waals surface area contributed by atoms with Gasteiger partial charge >= 0.3 is 5.97 Å². The van der Waals surface area contributed by atoms with Crippen molar-refractivity contribution in [1.82, 2.24) is 0 Å². The smallest absolute Gasteiger partial charge is 0.303 e. The minimum absolute atomic E-state index is 0.147. The Bertz CT molecular complexity index is 164. The van der Waals surface area contributed by atoms with Crippen molar-refractivity contribution in [2.75, 3.05) is 0 Å². The van der Waals surface area contributed by atoms with Crippen molar-refractivity contribution in [3.8, 4) is 0 Å². The van der Waals surface area contributed by atoms with Gasteiger partial charge in [0.05, 0.1) is 6.10 Å². The van der Waals surface area contributed by atoms with Gasteiger partial charge < -0.3 is 10.2 Å². The van der Waals surface area contributed by atoms with Gasteiger partial charge in [-0.1, -0.05) is 19.1 Å². The summed E-state index contributed by atoms with van der Waals surface area (Å²) in [5, 5.41) is 17.7. The Morgan fingerprint density at radius 3 is 2.69 bits per heavy atom. The molecule has 3 heteroatoms. The topological polar surface area (TPSA) is 57.5 Å². The lowest BCUT2D eigenvalue weighted by Crippen LogP contribution is -2.06. The third kappa shape index (κ3) is 9.08. The number of carboxylic acids is 1. The number of aliphatic hydroxyl groups excluding tert-OH is 1. The highest BCUT2D eigenvalue weighted by Gasteiger charge is 2.03. The van der Waals surface area contributed by atoms with E-state index in [0.717, 1.165) is 6.42 Å². The Labute approximate surface area is 79.1 Å². The van der Waals surface area contributed by atoms with Crippen molar-refractivity contribution in [1.29, 1.82) is 0 Å². The molecule has 0 aromatic carbocycles. The fourth-order valence-corrected chi connectivity index (χ4v) is 1.03. The van der Waals surface area contributed by atoms with Crippen LogP contribution in [0.25, 0.3) is 0 Å². The molecule has 0 radical (unpaired) electrons. The van der Waals surface area contributed by atoms with E-state index < -0.39 is 5.97 Å². The van der Waals surface area contributed by atoms with E-state index in [1.165, 1.54) is 0 Å². The zero-order valence-electron chi connectivity index (χ0n) is 8.07. The van der Waals surface area contributed by atoms with Crippen molar-refractivity contribution in [2.45, 2.75) is 45.1 Å². The third-order valence-electron chi connectivity index (χ3n) is 1.74. The zero-order valence-corrected chi connectivity index (χ0v) is 8.07. The maximum Gasteiger partial charge on any atom is 0.303 e. The molecule has 0 saturated carbocycles. The molecule has 0 saturated heterocycles. The van der Waals surface area contributed by atoms with Crippen molar-refractivity contribution >= 4 is 5.97 Å². The number of carboxylic acid groups (broad SMARTS) is 1. The van der Waals surface area contributed by atoms with Crippen molar-refractivity contribution in [2.24, 2.45) is 0 Å². The summed E-state index contributed by atoms with van der Waals surface area (Å²) in [6, 6.07) is 0. The van der Waals surface area contributed by atoms with Gasteiger partial charge in [-0.25, -0.2) is 0 Å². The molecule has 76 valence electrons. The molecule has 13 heavy (non-hydrogen) atoms. The van der Waals surface area contributed by atoms with Crippen LogP contribution in [-0.4, -0.2) is 22.3 Å². The van der Waals surface area contributed by atoms with E-state index in [-0.39, 0.29) is 12.5 Å². The Balaban J connectivity index is 3.34. The van der Waals surface area contributed by atoms with Crippen LogP contribution in [0.2, 0.25) is 0 Å². The van der Waals surface area contributed by atoms with E-state index in [4.69, 9.17) is 5.11 Å². The average molecular weight is 186 g/mol. The predicted octanol–water partition coefficient (Wildman–Crippen LogP) is 1.96. The maximum atomic E-state index is 10.1. The molecule has 0 unspecified atom stereocenters. The first-order chi connectivity index (χ1) is 6.16. The number of hydrogen-bond donors (Lipinski definition) is 2. The summed E-state index contributed by atoms with van der Waals surface area (Å²) in [5.74, 6) is -0.795. The monoisotopic (exact) mass is 186 g/mol. The second-order valence-electron chi connectivity index (χ2n) is 3.06. The lowest BCUT2D eigenvalue weighted by Gasteiger charge is -2.05. The van der Waals surface area contributed by atoms with E-state index in [1.807, 2.05) is 19.1 Å². The standard InChI is InChI=1S/C10H18O3/c1-2-3-4-6-9(11)7-5-8-10(12)13/h3-4,9,11H,2,5-8H2,1H3,(H,12,13)/b4-3-/t9-/m1/s1. The van der Waals surface area contributed by atoms with Gasteiger partial charge in [0.25, 0.3) is 0 Å². The van der Waals surface area contributed by atoms with Crippen LogP contribution in [0.15, 0.2) is 12.2 Å². The first kappa shape index (κ1) is 12.2. The van der Waals surface area contributed by atoms with Crippen molar-refractivity contribution in [3.63, 3.8) is 0 Å². The molecule has 0 amide bonds. The molecule has 0 aromatic rings. The summed E-state index contributed by atoms with van der Waals surface area (Å²) in [7, 11) is 0. The fourth-order valence-electron chi connectivity index (χ4n) is 1.03. The first-order valence-electron chi connectivity index (χ1n) is 4.71. The van der Waals surface area contributed by atoms with Crippen LogP contribution in [-0.2, 0) is 4.79 Å². The molecule has 1 atom stereocenters. The van der Waals surface area contributed by atoms with Crippen LogP contribution in [0.5, 0.6) is 0 Å². The lowest BCUT2D eigenvalue weighted by molar-refractivity contribution is -0.137. The Morgan fingerprint density at radius 2 is 2.15 bits per heavy atom. The third-order valence-corrected chi connectivity index (χ3v) is 1.74. The molecule has 0 fully saturated rings. The van der Waals surface area contributed by atoms with Crippen molar-refractivity contribution < 1.29 is 15.0 Å². The van der Waals surface area contributed by atoms with Gasteiger partial charge in [0.1, 0.15) is 0 Å². The highest BCUT2D eigenvalue weighted by Crippen LogP contribution is 2.05. The summed E-state index contributed by atoms with van der Waals surface area (Å²) in [6.07, 6.45) is 6.43. The largest absolute Gasteiger partial charge is 0.481 e. The van der Waals surface area contributed by atoms with Crippen LogP contribution in [0.1, 0.15) is 39.0 Å². The van der Waals surface area contributed by atoms with Crippen LogP contribution in [0.3, 0.4) is 0 Å². The molecular weight excluding hydrogens is 168 g/mol. The van der Waals surface area contributed by atoms with E-state index in [1.54, 1.807) is 0 Å². The molecule has 2 N–H and O–H groups in total. The SMILES string of the molecule is CC/C=C\C[C@@H](O)CCCC(=O)O. The van der Waals surface area contributed by atoms with Crippen LogP contribution < -0.4 is 0 Å². The number of hydrogen-bond acceptors (Lipinski definition) is 2. The maximum absolute atomic E-state index is 10.1. The first-order valence-corrected chi connectivity index (χ1v) is 4.71. The molecule has 0 aromatic heterocycles. The number of aliphatic hydroxyl groups is 1. The van der Waals surface area contributed by atoms with Crippen LogP contribution in [0, 0.1) is 0 Å². The predicted molar refractivity (Wildman–Crippen MR) is 51.5 cm³/mol. The summed E-state index contributed by atoms with van der Waals surface area (Å²) < 4.78 is 0. The Hall–Kier alpha value is -0.830. The second kappa shape index (κ2) is 7.80. The van der Waals surface area contributed by atoms with Gasteiger partial charge in [0.15, 0.2) is 0 Å². The molecule has 0 bridgehead atoms. The summed E-state index contributed by atoms with van der Waals surface area (Å²) in [4.78, 5) is 10.1. The highest BCUT2D eigenvalue weighted by molar-refractivity contribution is 5.66. The average Bonchev–Trinajstić information content (AvgIpc) is 2.04. The second-order valence-corrected chi connectivity index (χ2v) is 3.06. The van der Waals surface area contributed by atoms with E-state index >= 15 is 0 Å². The van der Waals surface area contributed by atoms with Gasteiger partial charge in [-0.05, 0) is 25.7 Å². The summed E-state index contributed by atoms with van der Waals surface area (Å²) in [6.45, 7) is 2.04. The Morgan fingerprint density at radius 1 is 1.46 bits per heavy atom. The summed E-state index contributed by atoms with van der Waals surface area (Å²) >= 11 is 0. The van der Waals surface area contributed by atoms with Gasteiger partial charge in [0, 0.05) is 6.42 Å². The molecule has 0 aliphatic rings. The van der Waals surface area contributed by atoms with Gasteiger partial charge in [-0.15, -0.1) is 0 Å². The van der Waals surface area contributed by atoms with Crippen molar-refractivity contribution in [3.05, 3.63) is 12.2 Å². The lowest BCUT2D eigenvalue weighted by atomic mass is 10.1. The zero-order chi connectivity index (χ0) is 10.1. The molecule has 0 aliphatic carbocycles. The molecule has 0 spiro atoms. The molecule has 0 heterocycles. The number of rotatable bonds is 7. The number of aliphatic carboxylic acids is 1. The van der Waals surface area contributed by atoms with E-state index in [2.05, 4.69) is 0 Å². The molecule has 0 rings (SSSR count). The number of allylic oxidation sites excluding steroid dienone is 1. The van der Waals surface area contributed by atoms with E-state index in [9.17, 15) is 9.90 Å². The fraction of sp³-hybridized carbons (Fsp3) is 0.700. The van der Waals surface area contributed by atoms with Crippen LogP contribution >= 0.6 is 0 Å². The summed E-state index contributed by atoms with van der Waals surface area (Å²) in [5.41, 5.74) is 0.